The van der Waals surface area contributed by atoms with Gasteiger partial charge in [0, 0.05) is 26.2 Å². The van der Waals surface area contributed by atoms with Gasteiger partial charge in [-0.15, -0.1) is 12.4 Å². The Morgan fingerprint density at radius 1 is 1.50 bits per heavy atom. The number of carbonyl (C=O) groups is 1. The molecule has 1 N–H and O–H groups in total. The molecule has 0 radical (unpaired) electrons. The molecule has 2 aliphatic heterocycles. The number of hydrogen-bond acceptors (Lipinski definition) is 4. The fraction of sp³-hybridized carbons (Fsp3) is 0.900. The normalized spacial score (nSPS) is 26.8. The van der Waals surface area contributed by atoms with Crippen LogP contribution in [0.15, 0.2) is 0 Å². The highest BCUT2D eigenvalue weighted by Crippen LogP contribution is 2.14. The summed E-state index contributed by atoms with van der Waals surface area (Å²) in [5, 5.41) is 3.19. The van der Waals surface area contributed by atoms with E-state index in [0.717, 1.165) is 19.5 Å². The number of hydrogen-bond donors (Lipinski definition) is 1. The minimum Gasteiger partial charge on any atom is -0.340 e. The van der Waals surface area contributed by atoms with Crippen LogP contribution >= 0.6 is 12.4 Å². The van der Waals surface area contributed by atoms with Gasteiger partial charge >= 0.3 is 0 Å². The summed E-state index contributed by atoms with van der Waals surface area (Å²) < 4.78 is 24.5. The van der Waals surface area contributed by atoms with Crippen molar-refractivity contribution < 1.29 is 13.2 Å². The second-order valence-electron chi connectivity index (χ2n) is 4.65. The summed E-state index contributed by atoms with van der Waals surface area (Å²) in [5.74, 6) is 0.0683. The van der Waals surface area contributed by atoms with Crippen molar-refractivity contribution in [2.45, 2.75) is 18.9 Å². The molecule has 2 rings (SSSR count). The third kappa shape index (κ3) is 3.34. The molecule has 1 unspecified atom stereocenters. The van der Waals surface area contributed by atoms with Crippen molar-refractivity contribution in [3.8, 4) is 0 Å². The Morgan fingerprint density at radius 2 is 2.22 bits per heavy atom. The van der Waals surface area contributed by atoms with Gasteiger partial charge < -0.3 is 10.2 Å². The predicted molar refractivity (Wildman–Crippen MR) is 71.3 cm³/mol. The largest absolute Gasteiger partial charge is 0.340 e. The van der Waals surface area contributed by atoms with Crippen LogP contribution in [0.1, 0.15) is 12.8 Å². The molecule has 2 aliphatic rings. The Kier molecular flexibility index (Phi) is 5.39. The maximum absolute atomic E-state index is 12.0. The molecule has 8 heteroatoms. The molecule has 0 aromatic rings. The van der Waals surface area contributed by atoms with Crippen LogP contribution in [0.25, 0.3) is 0 Å². The average Bonchev–Trinajstić information content (AvgIpc) is 2.88. The first kappa shape index (κ1) is 15.7. The zero-order valence-electron chi connectivity index (χ0n) is 10.5. The molecule has 6 nitrogen and oxygen atoms in total. The van der Waals surface area contributed by atoms with Crippen LogP contribution in [0.3, 0.4) is 0 Å². The molecule has 0 saturated carbocycles. The number of nitrogens with one attached hydrogen (secondary N) is 1. The van der Waals surface area contributed by atoms with Gasteiger partial charge in [-0.1, -0.05) is 0 Å². The van der Waals surface area contributed by atoms with Crippen molar-refractivity contribution in [3.63, 3.8) is 0 Å². The van der Waals surface area contributed by atoms with Crippen LogP contribution < -0.4 is 5.32 Å². The van der Waals surface area contributed by atoms with Gasteiger partial charge in [-0.05, 0) is 19.4 Å². The molecule has 0 aliphatic carbocycles. The number of likely N-dealkylation sites (N-methyl/N-ethyl adjacent to an activating group) is 1. The van der Waals surface area contributed by atoms with E-state index in [0.29, 0.717) is 13.0 Å². The Labute approximate surface area is 114 Å². The van der Waals surface area contributed by atoms with E-state index in [-0.39, 0.29) is 36.7 Å². The molecule has 18 heavy (non-hydrogen) atoms. The maximum Gasteiger partial charge on any atom is 0.237 e. The van der Waals surface area contributed by atoms with Gasteiger partial charge in [0.15, 0.2) is 0 Å². The lowest BCUT2D eigenvalue weighted by atomic mass is 10.2. The molecule has 106 valence electrons. The topological polar surface area (TPSA) is 69.7 Å². The van der Waals surface area contributed by atoms with Gasteiger partial charge in [0.1, 0.15) is 0 Å². The third-order valence-electron chi connectivity index (χ3n) is 3.49. The molecule has 0 bridgehead atoms. The van der Waals surface area contributed by atoms with Crippen LogP contribution in [0, 0.1) is 0 Å². The molecule has 0 aromatic carbocycles. The monoisotopic (exact) mass is 297 g/mol. The average molecular weight is 298 g/mol. The summed E-state index contributed by atoms with van der Waals surface area (Å²) in [6.45, 7) is 2.19. The molecule has 0 spiro atoms. The zero-order valence-corrected chi connectivity index (χ0v) is 12.1. The number of carbonyl (C=O) groups excluding carboxylic acids is 1. The molecule has 2 saturated heterocycles. The highest BCUT2D eigenvalue weighted by Gasteiger charge is 2.32. The Balaban J connectivity index is 0.00000162. The molecule has 2 heterocycles. The molecular formula is C10H20ClN3O3S. The standard InChI is InChI=1S/C10H19N3O3S.ClH/c1-12(9-3-4-11-7-9)10(14)8-13-5-2-6-17(13,15)16;/h9,11H,2-8H2,1H3;1H. The summed E-state index contributed by atoms with van der Waals surface area (Å²) in [6.07, 6.45) is 1.57. The number of rotatable bonds is 3. The number of nitrogens with zero attached hydrogens (tertiary/aromatic N) is 2. The van der Waals surface area contributed by atoms with Gasteiger partial charge in [0.05, 0.1) is 12.3 Å². The number of sulfonamides is 1. The van der Waals surface area contributed by atoms with Gasteiger partial charge in [-0.2, -0.15) is 4.31 Å². The van der Waals surface area contributed by atoms with Crippen molar-refractivity contribution in [2.75, 3.05) is 39.0 Å². The Morgan fingerprint density at radius 3 is 2.72 bits per heavy atom. The SMILES string of the molecule is CN(C(=O)CN1CCCS1(=O)=O)C1CCNC1.Cl. The highest BCUT2D eigenvalue weighted by molar-refractivity contribution is 7.89. The van der Waals surface area contributed by atoms with Gasteiger partial charge in [-0.25, -0.2) is 8.42 Å². The molecule has 2 fully saturated rings. The highest BCUT2D eigenvalue weighted by atomic mass is 35.5. The van der Waals surface area contributed by atoms with Crippen LogP contribution in [0.5, 0.6) is 0 Å². The second kappa shape index (κ2) is 6.18. The van der Waals surface area contributed by atoms with Crippen LogP contribution in [-0.2, 0) is 14.8 Å². The number of halogens is 1. The van der Waals surface area contributed by atoms with E-state index < -0.39 is 10.0 Å². The molecule has 1 atom stereocenters. The summed E-state index contributed by atoms with van der Waals surface area (Å²) in [5.41, 5.74) is 0. The van der Waals surface area contributed by atoms with Gasteiger partial charge in [0.25, 0.3) is 0 Å². The second-order valence-corrected chi connectivity index (χ2v) is 6.74. The van der Waals surface area contributed by atoms with E-state index in [2.05, 4.69) is 5.32 Å². The first-order valence-electron chi connectivity index (χ1n) is 5.95. The van der Waals surface area contributed by atoms with Gasteiger partial charge in [-0.3, -0.25) is 4.79 Å². The smallest absolute Gasteiger partial charge is 0.237 e. The molecule has 1 amide bonds. The summed E-state index contributed by atoms with van der Waals surface area (Å²) in [7, 11) is -1.42. The lowest BCUT2D eigenvalue weighted by Gasteiger charge is -2.25. The first-order valence-corrected chi connectivity index (χ1v) is 7.56. The van der Waals surface area contributed by atoms with Crippen molar-refractivity contribution in [1.82, 2.24) is 14.5 Å². The van der Waals surface area contributed by atoms with Crippen LogP contribution in [-0.4, -0.2) is 68.6 Å². The predicted octanol–water partition coefficient (Wildman–Crippen LogP) is -0.736. The van der Waals surface area contributed by atoms with E-state index in [4.69, 9.17) is 0 Å². The maximum atomic E-state index is 12.0. The lowest BCUT2D eigenvalue weighted by Crippen LogP contribution is -2.44. The van der Waals surface area contributed by atoms with E-state index >= 15 is 0 Å². The fourth-order valence-corrected chi connectivity index (χ4v) is 3.77. The van der Waals surface area contributed by atoms with Crippen molar-refractivity contribution in [1.29, 1.82) is 0 Å². The minimum atomic E-state index is -3.17. The Hall–Kier alpha value is -0.370. The van der Waals surface area contributed by atoms with Crippen LogP contribution in [0.4, 0.5) is 0 Å². The zero-order chi connectivity index (χ0) is 12.5. The third-order valence-corrected chi connectivity index (χ3v) is 5.39. The summed E-state index contributed by atoms with van der Waals surface area (Å²) in [4.78, 5) is 13.6. The fourth-order valence-electron chi connectivity index (χ4n) is 2.30. The lowest BCUT2D eigenvalue weighted by molar-refractivity contribution is -0.131. The Bertz CT molecular complexity index is 395. The number of amides is 1. The van der Waals surface area contributed by atoms with E-state index in [1.54, 1.807) is 11.9 Å². The van der Waals surface area contributed by atoms with Gasteiger partial charge in [0.2, 0.25) is 15.9 Å². The van der Waals surface area contributed by atoms with E-state index in [1.165, 1.54) is 4.31 Å². The van der Waals surface area contributed by atoms with Crippen LogP contribution in [0.2, 0.25) is 0 Å². The van der Waals surface area contributed by atoms with Crippen molar-refractivity contribution in [3.05, 3.63) is 0 Å². The molecule has 0 aromatic heterocycles. The first-order chi connectivity index (χ1) is 8.00. The van der Waals surface area contributed by atoms with Crippen molar-refractivity contribution >= 4 is 28.3 Å². The van der Waals surface area contributed by atoms with Crippen molar-refractivity contribution in [2.24, 2.45) is 0 Å². The molecular weight excluding hydrogens is 278 g/mol. The van der Waals surface area contributed by atoms with E-state index in [9.17, 15) is 13.2 Å². The summed E-state index contributed by atoms with van der Waals surface area (Å²) >= 11 is 0. The van der Waals surface area contributed by atoms with E-state index in [1.807, 2.05) is 0 Å². The quantitative estimate of drug-likeness (QED) is 0.745. The minimum absolute atomic E-state index is 0. The summed E-state index contributed by atoms with van der Waals surface area (Å²) in [6, 6.07) is 0.202.